The standard InChI is InChI=1S/C22H20N4O5S/c1-29-18-9-10-19(30-2)20(13-18)32(27,28)25-16-5-7-17(8-6-16)31-22-14-21(23-15-24-22)26-11-3-4-12-26/h3-15,25H,1-2H3. The van der Waals surface area contributed by atoms with E-state index in [0.29, 0.717) is 28.9 Å². The van der Waals surface area contributed by atoms with Crippen molar-refractivity contribution < 1.29 is 22.6 Å². The summed E-state index contributed by atoms with van der Waals surface area (Å²) in [6.07, 6.45) is 5.14. The minimum atomic E-state index is -3.91. The Morgan fingerprint density at radius 1 is 0.875 bits per heavy atom. The molecule has 4 rings (SSSR count). The molecule has 1 N–H and O–H groups in total. The molecule has 164 valence electrons. The molecule has 0 fully saturated rings. The van der Waals surface area contributed by atoms with Gasteiger partial charge in [-0.2, -0.15) is 0 Å². The van der Waals surface area contributed by atoms with Gasteiger partial charge in [-0.1, -0.05) is 0 Å². The molecule has 0 saturated carbocycles. The second kappa shape index (κ2) is 8.98. The Morgan fingerprint density at radius 2 is 1.59 bits per heavy atom. The molecule has 0 aliphatic heterocycles. The van der Waals surface area contributed by atoms with Crippen molar-refractivity contribution in [2.45, 2.75) is 4.90 Å². The van der Waals surface area contributed by atoms with Crippen LogP contribution in [0.5, 0.6) is 23.1 Å². The average Bonchev–Trinajstić information content (AvgIpc) is 3.35. The van der Waals surface area contributed by atoms with Crippen LogP contribution < -0.4 is 18.9 Å². The van der Waals surface area contributed by atoms with Crippen LogP contribution in [0.2, 0.25) is 0 Å². The van der Waals surface area contributed by atoms with Crippen LogP contribution in [-0.2, 0) is 10.0 Å². The van der Waals surface area contributed by atoms with Gasteiger partial charge in [0.1, 0.15) is 34.3 Å². The fourth-order valence-corrected chi connectivity index (χ4v) is 4.17. The summed E-state index contributed by atoms with van der Waals surface area (Å²) in [5, 5.41) is 0. The fraction of sp³-hybridized carbons (Fsp3) is 0.0909. The van der Waals surface area contributed by atoms with Gasteiger partial charge in [0.15, 0.2) is 0 Å². The molecule has 0 saturated heterocycles. The number of hydrogen-bond acceptors (Lipinski definition) is 7. The number of hydrogen-bond donors (Lipinski definition) is 1. The summed E-state index contributed by atoms with van der Waals surface area (Å²) in [7, 11) is -1.04. The van der Waals surface area contributed by atoms with Crippen molar-refractivity contribution in [2.75, 3.05) is 18.9 Å². The van der Waals surface area contributed by atoms with E-state index in [2.05, 4.69) is 14.7 Å². The first-order valence-corrected chi connectivity index (χ1v) is 10.9. The van der Waals surface area contributed by atoms with Gasteiger partial charge in [0.05, 0.1) is 14.2 Å². The van der Waals surface area contributed by atoms with Crippen LogP contribution in [0, 0.1) is 0 Å². The second-order valence-corrected chi connectivity index (χ2v) is 8.20. The molecule has 0 bridgehead atoms. The Kier molecular flexibility index (Phi) is 5.95. The Hall–Kier alpha value is -4.05. The monoisotopic (exact) mass is 452 g/mol. The lowest BCUT2D eigenvalue weighted by Gasteiger charge is -2.13. The summed E-state index contributed by atoms with van der Waals surface area (Å²) in [6, 6.07) is 16.5. The SMILES string of the molecule is COc1ccc(OC)c(S(=O)(=O)Nc2ccc(Oc3cc(-n4cccc4)ncn3)cc2)c1. The number of nitrogens with one attached hydrogen (secondary N) is 1. The minimum Gasteiger partial charge on any atom is -0.497 e. The highest BCUT2D eigenvalue weighted by atomic mass is 32.2. The third-order valence-corrected chi connectivity index (χ3v) is 5.89. The molecular weight excluding hydrogens is 432 g/mol. The molecule has 10 heteroatoms. The lowest BCUT2D eigenvalue weighted by molar-refractivity contribution is 0.392. The summed E-state index contributed by atoms with van der Waals surface area (Å²) in [5.41, 5.74) is 0.359. The molecule has 2 heterocycles. The quantitative estimate of drug-likeness (QED) is 0.433. The molecule has 32 heavy (non-hydrogen) atoms. The highest BCUT2D eigenvalue weighted by molar-refractivity contribution is 7.92. The molecule has 9 nitrogen and oxygen atoms in total. The number of anilines is 1. The smallest absolute Gasteiger partial charge is 0.265 e. The first kappa shape index (κ1) is 21.2. The predicted octanol–water partition coefficient (Wildman–Crippen LogP) is 3.88. The van der Waals surface area contributed by atoms with E-state index in [9.17, 15) is 8.42 Å². The van der Waals surface area contributed by atoms with E-state index in [-0.39, 0.29) is 10.6 Å². The minimum absolute atomic E-state index is 0.0294. The van der Waals surface area contributed by atoms with Crippen LogP contribution in [0.25, 0.3) is 5.82 Å². The molecule has 0 atom stereocenters. The molecule has 4 aromatic rings. The maximum atomic E-state index is 12.9. The highest BCUT2D eigenvalue weighted by Gasteiger charge is 2.21. The lowest BCUT2D eigenvalue weighted by atomic mass is 10.3. The first-order valence-electron chi connectivity index (χ1n) is 9.46. The molecule has 0 aliphatic carbocycles. The summed E-state index contributed by atoms with van der Waals surface area (Å²) in [5.74, 6) is 2.12. The molecule has 0 unspecified atom stereocenters. The Bertz CT molecular complexity index is 1310. The maximum Gasteiger partial charge on any atom is 0.265 e. The third-order valence-electron chi connectivity index (χ3n) is 4.49. The van der Waals surface area contributed by atoms with E-state index in [1.165, 1.54) is 32.7 Å². The Morgan fingerprint density at radius 3 is 2.28 bits per heavy atom. The van der Waals surface area contributed by atoms with Crippen LogP contribution in [-0.4, -0.2) is 37.2 Å². The van der Waals surface area contributed by atoms with Crippen molar-refractivity contribution >= 4 is 15.7 Å². The van der Waals surface area contributed by atoms with Gasteiger partial charge < -0.3 is 18.8 Å². The first-order chi connectivity index (χ1) is 15.5. The summed E-state index contributed by atoms with van der Waals surface area (Å²) < 4.78 is 46.2. The molecule has 0 radical (unpaired) electrons. The topological polar surface area (TPSA) is 105 Å². The van der Waals surface area contributed by atoms with Crippen molar-refractivity contribution in [3.8, 4) is 28.9 Å². The molecule has 0 spiro atoms. The number of rotatable bonds is 8. The maximum absolute atomic E-state index is 12.9. The van der Waals surface area contributed by atoms with E-state index < -0.39 is 10.0 Å². The van der Waals surface area contributed by atoms with E-state index in [4.69, 9.17) is 14.2 Å². The Labute approximate surface area is 185 Å². The summed E-state index contributed by atoms with van der Waals surface area (Å²) in [6.45, 7) is 0. The van der Waals surface area contributed by atoms with Crippen molar-refractivity contribution in [3.63, 3.8) is 0 Å². The third kappa shape index (κ3) is 4.65. The number of ether oxygens (including phenoxy) is 3. The highest BCUT2D eigenvalue weighted by Crippen LogP contribution is 2.30. The number of nitrogens with zero attached hydrogens (tertiary/aromatic N) is 3. The van der Waals surface area contributed by atoms with E-state index >= 15 is 0 Å². The van der Waals surface area contributed by atoms with Gasteiger partial charge >= 0.3 is 0 Å². The molecule has 2 aromatic carbocycles. The molecule has 2 aromatic heterocycles. The van der Waals surface area contributed by atoms with Crippen molar-refractivity contribution in [1.29, 1.82) is 0 Å². The van der Waals surface area contributed by atoms with Gasteiger partial charge in [-0.15, -0.1) is 0 Å². The van der Waals surface area contributed by atoms with Crippen LogP contribution in [0.1, 0.15) is 0 Å². The summed E-state index contributed by atoms with van der Waals surface area (Å²) >= 11 is 0. The largest absolute Gasteiger partial charge is 0.497 e. The zero-order chi connectivity index (χ0) is 22.6. The average molecular weight is 452 g/mol. The van der Waals surface area contributed by atoms with Gasteiger partial charge in [0.2, 0.25) is 5.88 Å². The van der Waals surface area contributed by atoms with Crippen LogP contribution in [0.15, 0.2) is 84.3 Å². The van der Waals surface area contributed by atoms with Crippen LogP contribution >= 0.6 is 0 Å². The number of benzene rings is 2. The van der Waals surface area contributed by atoms with Gasteiger partial charge in [-0.25, -0.2) is 18.4 Å². The van der Waals surface area contributed by atoms with Gasteiger partial charge in [0, 0.05) is 30.2 Å². The molecule has 0 aliphatic rings. The Balaban J connectivity index is 1.50. The van der Waals surface area contributed by atoms with Crippen molar-refractivity contribution in [3.05, 3.63) is 79.4 Å². The van der Waals surface area contributed by atoms with Crippen molar-refractivity contribution in [2.24, 2.45) is 0 Å². The molecular formula is C22H20N4O5S. The fourth-order valence-electron chi connectivity index (χ4n) is 2.93. The second-order valence-electron chi connectivity index (χ2n) is 6.55. The van der Waals surface area contributed by atoms with E-state index in [1.54, 1.807) is 36.4 Å². The van der Waals surface area contributed by atoms with E-state index in [1.807, 2.05) is 29.1 Å². The van der Waals surface area contributed by atoms with Gasteiger partial charge in [-0.3, -0.25) is 4.72 Å². The van der Waals surface area contributed by atoms with Crippen molar-refractivity contribution in [1.82, 2.24) is 14.5 Å². The van der Waals surface area contributed by atoms with E-state index in [0.717, 1.165) is 0 Å². The van der Waals surface area contributed by atoms with Gasteiger partial charge in [0.25, 0.3) is 10.0 Å². The number of sulfonamides is 1. The van der Waals surface area contributed by atoms with Gasteiger partial charge in [-0.05, 0) is 48.5 Å². The molecule has 0 amide bonds. The zero-order valence-corrected chi connectivity index (χ0v) is 18.1. The number of methoxy groups -OCH3 is 2. The van der Waals surface area contributed by atoms with Crippen LogP contribution in [0.3, 0.4) is 0 Å². The number of aromatic nitrogens is 3. The normalized spacial score (nSPS) is 11.1. The van der Waals surface area contributed by atoms with Crippen LogP contribution in [0.4, 0.5) is 5.69 Å². The summed E-state index contributed by atoms with van der Waals surface area (Å²) in [4.78, 5) is 8.30. The predicted molar refractivity (Wildman–Crippen MR) is 118 cm³/mol. The lowest BCUT2D eigenvalue weighted by Crippen LogP contribution is -2.14. The zero-order valence-electron chi connectivity index (χ0n) is 17.3.